The molecule has 0 N–H and O–H groups in total. The third-order valence-corrected chi connectivity index (χ3v) is 2.57. The van der Waals surface area contributed by atoms with Crippen LogP contribution < -0.4 is 4.74 Å². The average Bonchev–Trinajstić information content (AvgIpc) is 2.30. The van der Waals surface area contributed by atoms with Crippen molar-refractivity contribution in [2.24, 2.45) is 0 Å². The van der Waals surface area contributed by atoms with E-state index in [0.29, 0.717) is 16.3 Å². The maximum atomic E-state index is 13.0. The van der Waals surface area contributed by atoms with Crippen molar-refractivity contribution in [2.75, 3.05) is 0 Å². The van der Waals surface area contributed by atoms with Crippen molar-refractivity contribution in [3.63, 3.8) is 0 Å². The molecular weight excluding hydrogens is 246 g/mol. The summed E-state index contributed by atoms with van der Waals surface area (Å²) in [6.45, 7) is 0.0973. The third-order valence-electron chi connectivity index (χ3n) is 2.20. The Balaban J connectivity index is 2.09. The van der Waals surface area contributed by atoms with Gasteiger partial charge in [-0.05, 0) is 30.3 Å². The highest BCUT2D eigenvalue weighted by atomic mass is 35.5. The van der Waals surface area contributed by atoms with Crippen molar-refractivity contribution < 1.29 is 13.5 Å². The molecule has 0 radical (unpaired) electrons. The molecule has 0 bridgehead atoms. The summed E-state index contributed by atoms with van der Waals surface area (Å²) in [6.07, 6.45) is 0. The molecule has 88 valence electrons. The molecule has 0 spiro atoms. The van der Waals surface area contributed by atoms with Crippen LogP contribution in [0.25, 0.3) is 0 Å². The van der Waals surface area contributed by atoms with Crippen LogP contribution in [0, 0.1) is 11.6 Å². The fraction of sp³-hybridized carbons (Fsp3) is 0.0769. The number of hydrogen-bond donors (Lipinski definition) is 0. The Hall–Kier alpha value is -1.61. The number of halogens is 3. The highest BCUT2D eigenvalue weighted by Crippen LogP contribution is 2.20. The Morgan fingerprint density at radius 1 is 1.00 bits per heavy atom. The summed E-state index contributed by atoms with van der Waals surface area (Å²) in [6, 6.07) is 9.76. The van der Waals surface area contributed by atoms with Crippen molar-refractivity contribution in [2.45, 2.75) is 6.61 Å². The van der Waals surface area contributed by atoms with E-state index in [2.05, 4.69) is 0 Å². The smallest absolute Gasteiger partial charge is 0.126 e. The van der Waals surface area contributed by atoms with Gasteiger partial charge in [0.1, 0.15) is 24.0 Å². The molecule has 0 aliphatic carbocycles. The molecule has 0 heterocycles. The highest BCUT2D eigenvalue weighted by Gasteiger charge is 2.03. The number of ether oxygens (including phenoxy) is 1. The van der Waals surface area contributed by atoms with Gasteiger partial charge in [0, 0.05) is 16.7 Å². The SMILES string of the molecule is Fc1cccc(OCc2cc(F)ccc2Cl)c1. The monoisotopic (exact) mass is 254 g/mol. The van der Waals surface area contributed by atoms with Gasteiger partial charge in [-0.1, -0.05) is 17.7 Å². The van der Waals surface area contributed by atoms with Crippen LogP contribution in [0.1, 0.15) is 5.56 Å². The summed E-state index contributed by atoms with van der Waals surface area (Å²) in [5.74, 6) is -0.384. The Morgan fingerprint density at radius 2 is 1.76 bits per heavy atom. The van der Waals surface area contributed by atoms with Crippen LogP contribution in [0.2, 0.25) is 5.02 Å². The molecule has 2 rings (SSSR count). The van der Waals surface area contributed by atoms with Gasteiger partial charge in [-0.3, -0.25) is 0 Å². The van der Waals surface area contributed by atoms with Crippen LogP contribution in [0.15, 0.2) is 42.5 Å². The first-order valence-corrected chi connectivity index (χ1v) is 5.35. The van der Waals surface area contributed by atoms with E-state index in [0.717, 1.165) is 0 Å². The Bertz CT molecular complexity index is 529. The predicted octanol–water partition coefficient (Wildman–Crippen LogP) is 4.20. The van der Waals surface area contributed by atoms with Gasteiger partial charge in [-0.15, -0.1) is 0 Å². The summed E-state index contributed by atoms with van der Waals surface area (Å²) in [4.78, 5) is 0. The lowest BCUT2D eigenvalue weighted by Crippen LogP contribution is -1.97. The molecule has 0 aromatic heterocycles. The molecule has 0 fully saturated rings. The Kier molecular flexibility index (Phi) is 3.59. The molecule has 4 heteroatoms. The van der Waals surface area contributed by atoms with Crippen molar-refractivity contribution in [1.29, 1.82) is 0 Å². The van der Waals surface area contributed by atoms with Crippen LogP contribution in [0.3, 0.4) is 0 Å². The van der Waals surface area contributed by atoms with E-state index in [1.165, 1.54) is 36.4 Å². The molecule has 2 aromatic rings. The van der Waals surface area contributed by atoms with Gasteiger partial charge in [0.05, 0.1) is 0 Å². The van der Waals surface area contributed by atoms with E-state index < -0.39 is 0 Å². The molecule has 0 saturated carbocycles. The summed E-state index contributed by atoms with van der Waals surface area (Å²) >= 11 is 5.87. The third kappa shape index (κ3) is 3.17. The fourth-order valence-electron chi connectivity index (χ4n) is 1.37. The van der Waals surface area contributed by atoms with E-state index in [4.69, 9.17) is 16.3 Å². The van der Waals surface area contributed by atoms with Gasteiger partial charge >= 0.3 is 0 Å². The maximum Gasteiger partial charge on any atom is 0.126 e. The summed E-state index contributed by atoms with van der Waals surface area (Å²) in [7, 11) is 0. The van der Waals surface area contributed by atoms with Gasteiger partial charge in [-0.2, -0.15) is 0 Å². The van der Waals surface area contributed by atoms with Crippen LogP contribution >= 0.6 is 11.6 Å². The standard InChI is InChI=1S/C13H9ClF2O/c14-13-5-4-11(16)6-9(13)8-17-12-3-1-2-10(15)7-12/h1-7H,8H2. The molecule has 0 unspecified atom stereocenters. The van der Waals surface area contributed by atoms with Crippen LogP contribution in [-0.2, 0) is 6.61 Å². The van der Waals surface area contributed by atoms with Gasteiger partial charge in [0.15, 0.2) is 0 Å². The zero-order valence-corrected chi connectivity index (χ0v) is 9.55. The van der Waals surface area contributed by atoms with E-state index >= 15 is 0 Å². The van der Waals surface area contributed by atoms with Crippen LogP contribution in [0.4, 0.5) is 8.78 Å². The minimum absolute atomic E-state index is 0.0973. The minimum atomic E-state index is -0.382. The molecule has 0 aliphatic rings. The normalized spacial score (nSPS) is 10.3. The van der Waals surface area contributed by atoms with Crippen molar-refractivity contribution in [3.05, 3.63) is 64.7 Å². The predicted molar refractivity (Wildman–Crippen MR) is 62.1 cm³/mol. The van der Waals surface area contributed by atoms with Crippen molar-refractivity contribution >= 4 is 11.6 Å². The molecule has 0 saturated heterocycles. The van der Waals surface area contributed by atoms with Crippen molar-refractivity contribution in [3.8, 4) is 5.75 Å². The molecular formula is C13H9ClF2O. The van der Waals surface area contributed by atoms with Gasteiger partial charge in [0.25, 0.3) is 0 Å². The van der Waals surface area contributed by atoms with Gasteiger partial charge in [0.2, 0.25) is 0 Å². The zero-order valence-electron chi connectivity index (χ0n) is 8.79. The lowest BCUT2D eigenvalue weighted by molar-refractivity contribution is 0.304. The van der Waals surface area contributed by atoms with Gasteiger partial charge in [-0.25, -0.2) is 8.78 Å². The first-order valence-electron chi connectivity index (χ1n) is 4.97. The Morgan fingerprint density at radius 3 is 2.53 bits per heavy atom. The first-order chi connectivity index (χ1) is 8.15. The van der Waals surface area contributed by atoms with Crippen LogP contribution in [-0.4, -0.2) is 0 Å². The lowest BCUT2D eigenvalue weighted by atomic mass is 10.2. The van der Waals surface area contributed by atoms with Crippen molar-refractivity contribution in [1.82, 2.24) is 0 Å². The van der Waals surface area contributed by atoms with Crippen LogP contribution in [0.5, 0.6) is 5.75 Å². The molecule has 0 aliphatic heterocycles. The second kappa shape index (κ2) is 5.15. The zero-order chi connectivity index (χ0) is 12.3. The summed E-state index contributed by atoms with van der Waals surface area (Å²) in [5, 5.41) is 0.419. The quantitative estimate of drug-likeness (QED) is 0.798. The fourth-order valence-corrected chi connectivity index (χ4v) is 1.54. The highest BCUT2D eigenvalue weighted by molar-refractivity contribution is 6.31. The summed E-state index contributed by atoms with van der Waals surface area (Å²) < 4.78 is 31.2. The van der Waals surface area contributed by atoms with E-state index in [9.17, 15) is 8.78 Å². The van der Waals surface area contributed by atoms with E-state index in [-0.39, 0.29) is 18.2 Å². The maximum absolute atomic E-state index is 13.0. The Labute approximate surface area is 103 Å². The number of hydrogen-bond acceptors (Lipinski definition) is 1. The molecule has 17 heavy (non-hydrogen) atoms. The lowest BCUT2D eigenvalue weighted by Gasteiger charge is -2.07. The molecule has 1 nitrogen and oxygen atoms in total. The molecule has 0 atom stereocenters. The molecule has 2 aromatic carbocycles. The molecule has 0 amide bonds. The second-order valence-electron chi connectivity index (χ2n) is 3.48. The first kappa shape index (κ1) is 11.9. The average molecular weight is 255 g/mol. The van der Waals surface area contributed by atoms with E-state index in [1.807, 2.05) is 0 Å². The second-order valence-corrected chi connectivity index (χ2v) is 3.89. The van der Waals surface area contributed by atoms with E-state index in [1.54, 1.807) is 6.07 Å². The summed E-state index contributed by atoms with van der Waals surface area (Å²) in [5.41, 5.74) is 0.524. The topological polar surface area (TPSA) is 9.23 Å². The minimum Gasteiger partial charge on any atom is -0.489 e. The number of rotatable bonds is 3. The largest absolute Gasteiger partial charge is 0.489 e. The van der Waals surface area contributed by atoms with Gasteiger partial charge < -0.3 is 4.74 Å². The number of benzene rings is 2.